The van der Waals surface area contributed by atoms with Crippen molar-refractivity contribution in [3.8, 4) is 0 Å². The van der Waals surface area contributed by atoms with Gasteiger partial charge in [-0.3, -0.25) is 0 Å². The molecule has 1 nitrogen and oxygen atoms in total. The lowest BCUT2D eigenvalue weighted by molar-refractivity contribution is -0.430. The largest absolute Gasteiger partial charge is 0.355 e. The summed E-state index contributed by atoms with van der Waals surface area (Å²) in [6.07, 6.45) is 10.4. The van der Waals surface area contributed by atoms with Gasteiger partial charge in [-0.05, 0) is 31.1 Å². The predicted molar refractivity (Wildman–Crippen MR) is 46.0 cm³/mol. The lowest BCUT2D eigenvalue weighted by Gasteiger charge is -2.36. The Morgan fingerprint density at radius 2 is 1.55 bits per heavy atom. The van der Waals surface area contributed by atoms with E-state index in [1.807, 2.05) is 0 Å². The summed E-state index contributed by atoms with van der Waals surface area (Å²) in [5.41, 5.74) is 4.19. The molecule has 11 heavy (non-hydrogen) atoms. The summed E-state index contributed by atoms with van der Waals surface area (Å²) in [4.78, 5) is 0. The van der Waals surface area contributed by atoms with Crippen molar-refractivity contribution >= 4 is 0 Å². The highest BCUT2D eigenvalue weighted by Crippen LogP contribution is 2.39. The number of fused-ring (bicyclic) bond motifs is 1. The highest BCUT2D eigenvalue weighted by Gasteiger charge is 2.31. The quantitative estimate of drug-likeness (QED) is 0.549. The molecular formula is C10H20N+. The zero-order valence-electron chi connectivity index (χ0n) is 7.39. The fourth-order valence-corrected chi connectivity index (χ4v) is 2.97. The third kappa shape index (κ3) is 1.58. The van der Waals surface area contributed by atoms with Gasteiger partial charge in [-0.1, -0.05) is 19.3 Å². The molecule has 3 atom stereocenters. The van der Waals surface area contributed by atoms with Crippen LogP contribution < -0.4 is 5.73 Å². The van der Waals surface area contributed by atoms with E-state index in [-0.39, 0.29) is 0 Å². The number of hydrogen-bond acceptors (Lipinski definition) is 0. The second-order valence-electron chi connectivity index (χ2n) is 4.48. The smallest absolute Gasteiger partial charge is 0.0846 e. The minimum Gasteiger partial charge on any atom is -0.355 e. The van der Waals surface area contributed by atoms with E-state index in [4.69, 9.17) is 0 Å². The van der Waals surface area contributed by atoms with Gasteiger partial charge in [-0.25, -0.2) is 0 Å². The summed E-state index contributed by atoms with van der Waals surface area (Å²) < 4.78 is 0. The third-order valence-electron chi connectivity index (χ3n) is 3.65. The molecule has 2 aliphatic carbocycles. The molecule has 0 amide bonds. The maximum atomic E-state index is 4.19. The van der Waals surface area contributed by atoms with E-state index in [0.717, 1.165) is 17.9 Å². The maximum absolute atomic E-state index is 4.19. The molecule has 2 saturated carbocycles. The average molecular weight is 154 g/mol. The van der Waals surface area contributed by atoms with Crippen molar-refractivity contribution in [2.75, 3.05) is 0 Å². The van der Waals surface area contributed by atoms with Crippen LogP contribution in [0.5, 0.6) is 0 Å². The second kappa shape index (κ2) is 3.14. The van der Waals surface area contributed by atoms with Gasteiger partial charge in [-0.2, -0.15) is 0 Å². The van der Waals surface area contributed by atoms with Crippen LogP contribution in [-0.2, 0) is 0 Å². The second-order valence-corrected chi connectivity index (χ2v) is 4.48. The molecule has 0 unspecified atom stereocenters. The van der Waals surface area contributed by atoms with Gasteiger partial charge in [0.1, 0.15) is 0 Å². The maximum Gasteiger partial charge on any atom is 0.0846 e. The van der Waals surface area contributed by atoms with E-state index < -0.39 is 0 Å². The summed E-state index contributed by atoms with van der Waals surface area (Å²) in [5, 5.41) is 0. The van der Waals surface area contributed by atoms with Crippen molar-refractivity contribution in [2.45, 2.75) is 51.0 Å². The molecule has 0 aromatic rings. The van der Waals surface area contributed by atoms with E-state index in [1.165, 1.54) is 44.9 Å². The molecule has 0 spiro atoms. The molecular weight excluding hydrogens is 134 g/mol. The van der Waals surface area contributed by atoms with Crippen LogP contribution in [0.4, 0.5) is 0 Å². The van der Waals surface area contributed by atoms with Crippen LogP contribution in [0.15, 0.2) is 0 Å². The standard InChI is InChI=1S/C10H19N/c11-10-6-5-8-3-1-2-4-9(8)7-10/h8-10H,1-7,11H2/p+1/t8-,9+,10+/m0/s1. The molecule has 0 aromatic carbocycles. The van der Waals surface area contributed by atoms with Crippen LogP contribution in [0.3, 0.4) is 0 Å². The summed E-state index contributed by atoms with van der Waals surface area (Å²) in [6, 6.07) is 0.786. The van der Waals surface area contributed by atoms with Crippen molar-refractivity contribution < 1.29 is 5.73 Å². The Bertz CT molecular complexity index is 133. The molecule has 0 bridgehead atoms. The highest BCUT2D eigenvalue weighted by molar-refractivity contribution is 4.82. The molecule has 64 valence electrons. The Balaban J connectivity index is 1.93. The van der Waals surface area contributed by atoms with Crippen molar-refractivity contribution in [2.24, 2.45) is 11.8 Å². The number of hydrogen-bond donors (Lipinski definition) is 1. The number of quaternary nitrogens is 1. The lowest BCUT2D eigenvalue weighted by Crippen LogP contribution is -2.63. The van der Waals surface area contributed by atoms with Crippen molar-refractivity contribution in [1.82, 2.24) is 0 Å². The molecule has 2 aliphatic rings. The Hall–Kier alpha value is -0.0400. The van der Waals surface area contributed by atoms with Gasteiger partial charge < -0.3 is 5.73 Å². The summed E-state index contributed by atoms with van der Waals surface area (Å²) in [7, 11) is 0. The molecule has 1 heteroatoms. The van der Waals surface area contributed by atoms with Gasteiger partial charge in [0.25, 0.3) is 0 Å². The first-order chi connectivity index (χ1) is 5.36. The van der Waals surface area contributed by atoms with Crippen LogP contribution >= 0.6 is 0 Å². The molecule has 3 N–H and O–H groups in total. The molecule has 0 aromatic heterocycles. The SMILES string of the molecule is [NH3+][C@@H]1CC[C@@H]2CCCC[C@@H]2C1. The Morgan fingerprint density at radius 1 is 0.818 bits per heavy atom. The van der Waals surface area contributed by atoms with Crippen LogP contribution in [0.1, 0.15) is 44.9 Å². The van der Waals surface area contributed by atoms with E-state index in [9.17, 15) is 0 Å². The molecule has 2 fully saturated rings. The summed E-state index contributed by atoms with van der Waals surface area (Å²) in [5.74, 6) is 2.17. The van der Waals surface area contributed by atoms with E-state index in [2.05, 4.69) is 5.73 Å². The first kappa shape index (κ1) is 7.60. The topological polar surface area (TPSA) is 27.6 Å². The third-order valence-corrected chi connectivity index (χ3v) is 3.65. The molecule has 0 saturated heterocycles. The Morgan fingerprint density at radius 3 is 2.36 bits per heavy atom. The van der Waals surface area contributed by atoms with Gasteiger partial charge in [-0.15, -0.1) is 0 Å². The van der Waals surface area contributed by atoms with Crippen molar-refractivity contribution in [1.29, 1.82) is 0 Å². The Labute approximate surface area is 69.4 Å². The summed E-state index contributed by atoms with van der Waals surface area (Å²) >= 11 is 0. The average Bonchev–Trinajstić information content (AvgIpc) is 2.04. The Kier molecular flexibility index (Phi) is 2.17. The predicted octanol–water partition coefficient (Wildman–Crippen LogP) is 1.59. The minimum absolute atomic E-state index is 0.786. The van der Waals surface area contributed by atoms with Crippen molar-refractivity contribution in [3.05, 3.63) is 0 Å². The van der Waals surface area contributed by atoms with Gasteiger partial charge in [0, 0.05) is 6.42 Å². The van der Waals surface area contributed by atoms with E-state index in [0.29, 0.717) is 0 Å². The van der Waals surface area contributed by atoms with Gasteiger partial charge in [0.2, 0.25) is 0 Å². The molecule has 0 radical (unpaired) electrons. The van der Waals surface area contributed by atoms with Gasteiger partial charge in [0.15, 0.2) is 0 Å². The normalized spacial score (nSPS) is 45.0. The zero-order valence-corrected chi connectivity index (χ0v) is 7.39. The number of rotatable bonds is 0. The summed E-state index contributed by atoms with van der Waals surface area (Å²) in [6.45, 7) is 0. The molecule has 2 rings (SSSR count). The lowest BCUT2D eigenvalue weighted by atomic mass is 9.70. The van der Waals surface area contributed by atoms with E-state index in [1.54, 1.807) is 0 Å². The van der Waals surface area contributed by atoms with Crippen LogP contribution in [0.2, 0.25) is 0 Å². The van der Waals surface area contributed by atoms with Crippen LogP contribution in [0.25, 0.3) is 0 Å². The zero-order chi connectivity index (χ0) is 7.68. The van der Waals surface area contributed by atoms with Gasteiger partial charge in [0.05, 0.1) is 6.04 Å². The van der Waals surface area contributed by atoms with Crippen LogP contribution in [0, 0.1) is 11.8 Å². The minimum atomic E-state index is 0.786. The fraction of sp³-hybridized carbons (Fsp3) is 1.00. The first-order valence-electron chi connectivity index (χ1n) is 5.19. The van der Waals surface area contributed by atoms with E-state index >= 15 is 0 Å². The van der Waals surface area contributed by atoms with Crippen LogP contribution in [-0.4, -0.2) is 6.04 Å². The first-order valence-corrected chi connectivity index (χ1v) is 5.19. The monoisotopic (exact) mass is 154 g/mol. The molecule has 0 aliphatic heterocycles. The van der Waals surface area contributed by atoms with Crippen molar-refractivity contribution in [3.63, 3.8) is 0 Å². The van der Waals surface area contributed by atoms with Gasteiger partial charge >= 0.3 is 0 Å². The fourth-order valence-electron chi connectivity index (χ4n) is 2.97. The highest BCUT2D eigenvalue weighted by atomic mass is 14.6. The molecule has 0 heterocycles.